The molecule has 3 saturated heterocycles. The van der Waals surface area contributed by atoms with E-state index in [1.54, 1.807) is 12.4 Å². The summed E-state index contributed by atoms with van der Waals surface area (Å²) in [5, 5.41) is 45.2. The maximum atomic E-state index is 12.3. The minimum Gasteiger partial charge on any atom is -0.394 e. The van der Waals surface area contributed by atoms with Crippen molar-refractivity contribution in [2.24, 2.45) is 0 Å². The Morgan fingerprint density at radius 1 is 0.583 bits per heavy atom. The lowest BCUT2D eigenvalue weighted by Crippen LogP contribution is -2.39. The minimum atomic E-state index is -5.76. The van der Waals surface area contributed by atoms with Gasteiger partial charge in [-0.1, -0.05) is 78.0 Å². The first-order valence-electron chi connectivity index (χ1n) is 30.2. The molecule has 0 radical (unpaired) electrons. The first kappa shape index (κ1) is 85.3. The molecule has 0 saturated carbocycles. The van der Waals surface area contributed by atoms with Gasteiger partial charge in [-0.3, -0.25) is 61.9 Å². The summed E-state index contributed by atoms with van der Waals surface area (Å²) in [6, 6.07) is 3.37. The highest BCUT2D eigenvalue weighted by Gasteiger charge is 2.50. The molecular weight excluding hydrogens is 1380 g/mol. The Labute approximate surface area is 551 Å². The van der Waals surface area contributed by atoms with Gasteiger partial charge in [-0.2, -0.15) is 21.8 Å². The highest BCUT2D eigenvalue weighted by Crippen LogP contribution is 2.66. The second-order valence-electron chi connectivity index (χ2n) is 21.4. The molecule has 3 fully saturated rings. The number of nitrogens with one attached hydrogen (secondary N) is 6. The van der Waals surface area contributed by atoms with Crippen molar-refractivity contribution in [1.82, 2.24) is 44.0 Å². The third-order valence-electron chi connectivity index (χ3n) is 14.0. The van der Waals surface area contributed by atoms with Gasteiger partial charge in [0.25, 0.3) is 16.7 Å². The number of H-pyrrole nitrogens is 3. The number of amides is 2. The van der Waals surface area contributed by atoms with Crippen molar-refractivity contribution >= 4 is 48.1 Å². The number of nitrogens with zero attached hydrogens (tertiary/aromatic N) is 3. The second-order valence-corrected chi connectivity index (χ2v) is 26.3. The zero-order valence-electron chi connectivity index (χ0n) is 52.7. The number of thiol groups is 1. The number of aliphatic hydroxyl groups excluding tert-OH is 4. The van der Waals surface area contributed by atoms with Gasteiger partial charge in [0.15, 0.2) is 18.7 Å². The summed E-state index contributed by atoms with van der Waals surface area (Å²) in [7, 11) is -15.1. The third kappa shape index (κ3) is 29.9. The summed E-state index contributed by atoms with van der Waals surface area (Å²) in [5.41, 5.74) is -4.01. The number of carbonyl (C=O) groups is 2. The predicted octanol–water partition coefficient (Wildman–Crippen LogP) is 0.242. The minimum absolute atomic E-state index is 0.0857. The molecule has 3 aliphatic rings. The van der Waals surface area contributed by atoms with Gasteiger partial charge in [-0.15, -0.1) is 0 Å². The van der Waals surface area contributed by atoms with Gasteiger partial charge in [0.05, 0.1) is 19.3 Å². The van der Waals surface area contributed by atoms with Crippen LogP contribution in [-0.2, 0) is 64.9 Å². The van der Waals surface area contributed by atoms with Crippen LogP contribution in [0.1, 0.15) is 129 Å². The van der Waals surface area contributed by atoms with E-state index in [1.165, 1.54) is 49.2 Å². The Bertz CT molecular complexity index is 3360. The van der Waals surface area contributed by atoms with E-state index in [1.807, 2.05) is 11.9 Å². The maximum Gasteiger partial charge on any atom is 0.490 e. The molecule has 550 valence electrons. The largest absolute Gasteiger partial charge is 0.490 e. The highest BCUT2D eigenvalue weighted by molar-refractivity contribution is 7.78. The number of aliphatic hydroxyl groups is 4. The van der Waals surface area contributed by atoms with Gasteiger partial charge in [-0.05, 0) is 45.6 Å². The number of ether oxygens (including phenoxy) is 6. The number of phosphoric ester groups is 1. The van der Waals surface area contributed by atoms with E-state index in [0.29, 0.717) is 58.1 Å². The number of aromatic amines is 3. The normalized spacial score (nSPS) is 24.5. The van der Waals surface area contributed by atoms with Crippen molar-refractivity contribution in [1.29, 1.82) is 0 Å². The van der Waals surface area contributed by atoms with Crippen molar-refractivity contribution in [2.75, 3.05) is 53.2 Å². The molecule has 0 spiro atoms. The molecule has 0 bridgehead atoms. The van der Waals surface area contributed by atoms with Gasteiger partial charge in [-0.25, -0.2) is 28.1 Å². The second kappa shape index (κ2) is 42.3. The molecule has 5 unspecified atom stereocenters. The average Bonchev–Trinajstić information content (AvgIpc) is 1.65. The molecule has 37 nitrogen and oxygen atoms in total. The van der Waals surface area contributed by atoms with Gasteiger partial charge in [0.2, 0.25) is 5.91 Å². The molecule has 6 rings (SSSR count). The number of unbranched alkanes of at least 4 members (excludes halogenated alkanes) is 10. The molecule has 96 heavy (non-hydrogen) atoms. The molecule has 3 aliphatic heterocycles. The predicted molar refractivity (Wildman–Crippen MR) is 332 cm³/mol. The van der Waals surface area contributed by atoms with Crippen LogP contribution in [0.2, 0.25) is 0 Å². The Morgan fingerprint density at radius 2 is 0.948 bits per heavy atom. The number of halogens is 3. The SMILES string of the molecule is CC(=O)NCCCCCCOC1[C@@H](O)[C@@H](COP(=O)(O)OP(=O)(O)OP(=O)(O)O)O[C@H]1n1ccc(=O)[nH]c1=O.CCCCCCCOC1[C@@H](O)[C@@H](CC)O[C@H]1n1ccc(=O)[nH]c1=O.CNS.O=C(NCCCCCCOC1[C@@H](O)[C@@H](CO)O[C@H]1n1ccc(=O)[nH]c1=O)C(F)(F)F. The highest BCUT2D eigenvalue weighted by atomic mass is 32.1. The fourth-order valence-electron chi connectivity index (χ4n) is 9.44. The molecular formula is C52H87F3N9O28P3S. The summed E-state index contributed by atoms with van der Waals surface area (Å²) < 4.78 is 122. The molecule has 2 amide bonds. The molecule has 0 aliphatic carbocycles. The van der Waals surface area contributed by atoms with Crippen molar-refractivity contribution in [3.63, 3.8) is 0 Å². The van der Waals surface area contributed by atoms with Crippen LogP contribution in [0.15, 0.2) is 65.6 Å². The van der Waals surface area contributed by atoms with Crippen LogP contribution in [0, 0.1) is 0 Å². The van der Waals surface area contributed by atoms with Crippen molar-refractivity contribution in [3.8, 4) is 0 Å². The fourth-order valence-corrected chi connectivity index (χ4v) is 12.5. The van der Waals surface area contributed by atoms with Crippen LogP contribution in [0.5, 0.6) is 0 Å². The van der Waals surface area contributed by atoms with Crippen LogP contribution < -0.4 is 49.1 Å². The number of alkyl halides is 3. The number of phosphoric acid groups is 3. The molecule has 0 aromatic carbocycles. The summed E-state index contributed by atoms with van der Waals surface area (Å²) >= 11 is 3.54. The molecule has 6 heterocycles. The van der Waals surface area contributed by atoms with Crippen LogP contribution in [0.25, 0.3) is 0 Å². The van der Waals surface area contributed by atoms with E-state index in [9.17, 15) is 95.4 Å². The number of hydrogen-bond donors (Lipinski definition) is 15. The fraction of sp³-hybridized carbons (Fsp3) is 0.731. The van der Waals surface area contributed by atoms with E-state index < -0.39 is 150 Å². The molecule has 3 aromatic heterocycles. The molecule has 14 N–H and O–H groups in total. The van der Waals surface area contributed by atoms with E-state index in [-0.39, 0.29) is 31.8 Å². The first-order valence-corrected chi connectivity index (χ1v) is 35.2. The summed E-state index contributed by atoms with van der Waals surface area (Å²) in [4.78, 5) is 134. The van der Waals surface area contributed by atoms with Crippen LogP contribution in [0.3, 0.4) is 0 Å². The zero-order chi connectivity index (χ0) is 72.0. The van der Waals surface area contributed by atoms with E-state index in [4.69, 9.17) is 38.2 Å². The Hall–Kier alpha value is -4.91. The average molecular weight is 1470 g/mol. The Kier molecular flexibility index (Phi) is 37.5. The number of rotatable bonds is 35. The number of aromatic nitrogens is 6. The molecule has 44 heteroatoms. The summed E-state index contributed by atoms with van der Waals surface area (Å²) in [6.45, 7) is 5.18. The quantitative estimate of drug-likeness (QED) is 0.0213. The topological polar surface area (TPSA) is 531 Å². The van der Waals surface area contributed by atoms with Gasteiger partial charge in [0, 0.05) is 76.6 Å². The van der Waals surface area contributed by atoms with E-state index >= 15 is 0 Å². The lowest BCUT2D eigenvalue weighted by atomic mass is 10.1. The van der Waals surface area contributed by atoms with Gasteiger partial charge in [0.1, 0.15) is 48.8 Å². The van der Waals surface area contributed by atoms with Crippen LogP contribution in [0.4, 0.5) is 13.2 Å². The Morgan fingerprint density at radius 3 is 1.31 bits per heavy atom. The lowest BCUT2D eigenvalue weighted by molar-refractivity contribution is -0.173. The van der Waals surface area contributed by atoms with Gasteiger partial charge >= 0.3 is 52.6 Å². The lowest BCUT2D eigenvalue weighted by Gasteiger charge is -2.22. The van der Waals surface area contributed by atoms with E-state index in [2.05, 4.69) is 52.9 Å². The standard InChI is InChI=1S/C17H24F3N3O7.C17H30N3O16P3.C17H28N2O5.CH5NS/c18-17(19,20)15(27)21-6-3-1-2-4-8-29-13-12(26)10(9-24)30-14(13)23-7-5-11(25)22-16(23)28;1-11(21)18-7-4-2-3-5-9-32-15-14(23)12(34-16(15)20-8-6-13(22)19-17(20)24)10-33-38(28,29)36-39(30,31)35-37(25,26)27;1-3-5-6-7-8-11-23-15-14(21)12(4-2)24-16(15)19-10-9-13(20)18-17(19)22;1-2-3/h5,7,10,12-14,24,26H,1-4,6,8-9H2,(H,21,27)(H,22,25,28);6,8,12,14-16,23H,2-5,7,9-10H2,1H3,(H,18,21)(H,28,29)(H,30,31)(H,19,22,24)(H2,25,26,27);9-10,12,14-16,21H,3-8,11H2,1-2H3,(H,18,20,22);2-3H,1H3/t10-,12+,13?,14-;2*12-,14+,15?,16-;/m111./s1. The molecule has 14 atom stereocenters. The van der Waals surface area contributed by atoms with Gasteiger partial charge < -0.3 is 79.1 Å². The van der Waals surface area contributed by atoms with Crippen molar-refractivity contribution in [3.05, 3.63) is 99.3 Å². The Balaban J connectivity index is 0.000000377. The van der Waals surface area contributed by atoms with E-state index in [0.717, 1.165) is 53.1 Å². The van der Waals surface area contributed by atoms with Crippen molar-refractivity contribution in [2.45, 2.75) is 190 Å². The number of hydrogen-bond acceptors (Lipinski definition) is 26. The third-order valence-corrected chi connectivity index (χ3v) is 17.8. The molecule has 3 aromatic rings. The van der Waals surface area contributed by atoms with Crippen molar-refractivity contribution < 1.29 is 118 Å². The first-order chi connectivity index (χ1) is 45.1. The summed E-state index contributed by atoms with van der Waals surface area (Å²) in [6.07, 6.45) is -2.78. The monoisotopic (exact) mass is 1470 g/mol. The van der Waals surface area contributed by atoms with Crippen LogP contribution >= 0.6 is 36.3 Å². The summed E-state index contributed by atoms with van der Waals surface area (Å²) in [5.74, 6) is -2.11. The maximum absolute atomic E-state index is 12.3. The smallest absolute Gasteiger partial charge is 0.394 e. The van der Waals surface area contributed by atoms with Crippen LogP contribution in [-0.4, -0.2) is 195 Å². The zero-order valence-corrected chi connectivity index (χ0v) is 56.3. The number of carbonyl (C=O) groups excluding carboxylic acids is 2.